The van der Waals surface area contributed by atoms with E-state index in [9.17, 15) is 0 Å². The third-order valence-corrected chi connectivity index (χ3v) is 4.24. The Bertz CT molecular complexity index is 635. The van der Waals surface area contributed by atoms with Crippen LogP contribution in [0.25, 0.3) is 11.1 Å². The highest BCUT2D eigenvalue weighted by Crippen LogP contribution is 2.34. The molecule has 0 aliphatic heterocycles. The van der Waals surface area contributed by atoms with Gasteiger partial charge in [-0.1, -0.05) is 36.2 Å². The zero-order valence-corrected chi connectivity index (χ0v) is 14.3. The molecule has 0 radical (unpaired) electrons. The highest BCUT2D eigenvalue weighted by Gasteiger charge is 2.11. The molecule has 0 heterocycles. The molecule has 0 spiro atoms. The largest absolute Gasteiger partial charge is 0.313 e. The van der Waals surface area contributed by atoms with E-state index in [1.54, 1.807) is 0 Å². The SMILES string of the molecule is CCCNCc1ccc(Cl)cc1-c1cc(C)c(C)cc1Cl. The molecule has 112 valence electrons. The van der Waals surface area contributed by atoms with Crippen LogP contribution in [-0.4, -0.2) is 6.54 Å². The van der Waals surface area contributed by atoms with Crippen LogP contribution in [0.5, 0.6) is 0 Å². The third-order valence-electron chi connectivity index (χ3n) is 3.69. The van der Waals surface area contributed by atoms with E-state index in [-0.39, 0.29) is 0 Å². The fourth-order valence-corrected chi connectivity index (χ4v) is 2.83. The first-order valence-corrected chi connectivity index (χ1v) is 8.04. The zero-order chi connectivity index (χ0) is 15.4. The summed E-state index contributed by atoms with van der Waals surface area (Å²) >= 11 is 12.6. The second kappa shape index (κ2) is 7.31. The Morgan fingerprint density at radius 1 is 0.952 bits per heavy atom. The van der Waals surface area contributed by atoms with Crippen LogP contribution in [0.1, 0.15) is 30.0 Å². The van der Waals surface area contributed by atoms with Gasteiger partial charge in [0, 0.05) is 22.2 Å². The van der Waals surface area contributed by atoms with Crippen molar-refractivity contribution in [2.24, 2.45) is 0 Å². The molecule has 0 aliphatic carbocycles. The van der Waals surface area contributed by atoms with Crippen LogP contribution in [0, 0.1) is 13.8 Å². The number of benzene rings is 2. The Morgan fingerprint density at radius 2 is 1.67 bits per heavy atom. The first-order chi connectivity index (χ1) is 10.0. The smallest absolute Gasteiger partial charge is 0.0487 e. The van der Waals surface area contributed by atoms with Gasteiger partial charge in [-0.05, 0) is 73.3 Å². The van der Waals surface area contributed by atoms with Crippen molar-refractivity contribution in [3.05, 3.63) is 57.1 Å². The number of hydrogen-bond acceptors (Lipinski definition) is 1. The molecular weight excluding hydrogens is 301 g/mol. The lowest BCUT2D eigenvalue weighted by atomic mass is 9.96. The number of aryl methyl sites for hydroxylation is 2. The summed E-state index contributed by atoms with van der Waals surface area (Å²) in [5.74, 6) is 0. The average Bonchev–Trinajstić information content (AvgIpc) is 2.45. The quantitative estimate of drug-likeness (QED) is 0.688. The van der Waals surface area contributed by atoms with E-state index in [1.807, 2.05) is 18.2 Å². The summed E-state index contributed by atoms with van der Waals surface area (Å²) in [5, 5.41) is 4.95. The Hall–Kier alpha value is -1.02. The third kappa shape index (κ3) is 4.00. The van der Waals surface area contributed by atoms with Gasteiger partial charge in [0.05, 0.1) is 0 Å². The lowest BCUT2D eigenvalue weighted by Crippen LogP contribution is -2.14. The van der Waals surface area contributed by atoms with E-state index < -0.39 is 0 Å². The summed E-state index contributed by atoms with van der Waals surface area (Å²) in [7, 11) is 0. The van der Waals surface area contributed by atoms with E-state index >= 15 is 0 Å². The molecule has 0 amide bonds. The summed E-state index contributed by atoms with van der Waals surface area (Å²) < 4.78 is 0. The maximum Gasteiger partial charge on any atom is 0.0487 e. The van der Waals surface area contributed by atoms with Crippen molar-refractivity contribution in [1.29, 1.82) is 0 Å². The molecule has 2 rings (SSSR count). The molecule has 2 aromatic rings. The molecule has 3 heteroatoms. The van der Waals surface area contributed by atoms with Crippen molar-refractivity contribution in [3.8, 4) is 11.1 Å². The van der Waals surface area contributed by atoms with Gasteiger partial charge in [0.15, 0.2) is 0 Å². The second-order valence-corrected chi connectivity index (χ2v) is 6.24. The van der Waals surface area contributed by atoms with Crippen LogP contribution in [0.2, 0.25) is 10.0 Å². The minimum Gasteiger partial charge on any atom is -0.313 e. The molecule has 0 saturated carbocycles. The van der Waals surface area contributed by atoms with Crippen LogP contribution < -0.4 is 5.32 Å². The normalized spacial score (nSPS) is 10.9. The lowest BCUT2D eigenvalue weighted by molar-refractivity contribution is 0.676. The van der Waals surface area contributed by atoms with Gasteiger partial charge in [0.2, 0.25) is 0 Å². The van der Waals surface area contributed by atoms with Crippen molar-refractivity contribution in [2.75, 3.05) is 6.54 Å². The van der Waals surface area contributed by atoms with Gasteiger partial charge < -0.3 is 5.32 Å². The van der Waals surface area contributed by atoms with Gasteiger partial charge in [0.25, 0.3) is 0 Å². The van der Waals surface area contributed by atoms with Gasteiger partial charge >= 0.3 is 0 Å². The van der Waals surface area contributed by atoms with Crippen LogP contribution in [-0.2, 0) is 6.54 Å². The fraction of sp³-hybridized carbons (Fsp3) is 0.333. The Labute approximate surface area is 137 Å². The van der Waals surface area contributed by atoms with Crippen LogP contribution in [0.15, 0.2) is 30.3 Å². The van der Waals surface area contributed by atoms with Gasteiger partial charge in [-0.15, -0.1) is 0 Å². The summed E-state index contributed by atoms with van der Waals surface area (Å²) in [4.78, 5) is 0. The van der Waals surface area contributed by atoms with Gasteiger partial charge in [0.1, 0.15) is 0 Å². The molecule has 0 aromatic heterocycles. The van der Waals surface area contributed by atoms with E-state index in [2.05, 4.69) is 38.2 Å². The fourth-order valence-electron chi connectivity index (χ4n) is 2.34. The highest BCUT2D eigenvalue weighted by molar-refractivity contribution is 6.34. The molecule has 0 fully saturated rings. The molecular formula is C18H21Cl2N. The summed E-state index contributed by atoms with van der Waals surface area (Å²) in [5.41, 5.74) is 5.83. The van der Waals surface area contributed by atoms with Gasteiger partial charge in [-0.2, -0.15) is 0 Å². The molecule has 2 aromatic carbocycles. The highest BCUT2D eigenvalue weighted by atomic mass is 35.5. The summed E-state index contributed by atoms with van der Waals surface area (Å²) in [6.07, 6.45) is 1.12. The molecule has 0 saturated heterocycles. The number of hydrogen-bond donors (Lipinski definition) is 1. The topological polar surface area (TPSA) is 12.0 Å². The minimum absolute atomic E-state index is 0.735. The van der Waals surface area contributed by atoms with Crippen LogP contribution in [0.4, 0.5) is 0 Å². The maximum absolute atomic E-state index is 6.46. The first kappa shape index (κ1) is 16.4. The van der Waals surface area contributed by atoms with E-state index in [1.165, 1.54) is 16.7 Å². The van der Waals surface area contributed by atoms with Crippen LogP contribution in [0.3, 0.4) is 0 Å². The predicted molar refractivity (Wildman–Crippen MR) is 93.4 cm³/mol. The monoisotopic (exact) mass is 321 g/mol. The Morgan fingerprint density at radius 3 is 2.38 bits per heavy atom. The molecule has 0 bridgehead atoms. The molecule has 0 unspecified atom stereocenters. The Kier molecular flexibility index (Phi) is 5.69. The molecule has 0 aliphatic rings. The van der Waals surface area contributed by atoms with E-state index in [4.69, 9.17) is 23.2 Å². The average molecular weight is 322 g/mol. The molecule has 1 nitrogen and oxygen atoms in total. The molecule has 0 atom stereocenters. The maximum atomic E-state index is 6.46. The van der Waals surface area contributed by atoms with Crippen molar-refractivity contribution >= 4 is 23.2 Å². The minimum atomic E-state index is 0.735. The summed E-state index contributed by atoms with van der Waals surface area (Å²) in [6.45, 7) is 8.17. The molecule has 1 N–H and O–H groups in total. The first-order valence-electron chi connectivity index (χ1n) is 7.29. The van der Waals surface area contributed by atoms with Crippen molar-refractivity contribution in [3.63, 3.8) is 0 Å². The second-order valence-electron chi connectivity index (χ2n) is 5.39. The number of nitrogens with one attached hydrogen (secondary N) is 1. The standard InChI is InChI=1S/C18H21Cl2N/c1-4-7-21-11-14-5-6-15(19)10-16(14)17-8-12(2)13(3)9-18(17)20/h5-6,8-10,21H,4,7,11H2,1-3H3. The van der Waals surface area contributed by atoms with Crippen LogP contribution >= 0.6 is 23.2 Å². The number of rotatable bonds is 5. The van der Waals surface area contributed by atoms with E-state index in [0.717, 1.165) is 40.7 Å². The van der Waals surface area contributed by atoms with Gasteiger partial charge in [-0.3, -0.25) is 0 Å². The summed E-state index contributed by atoms with van der Waals surface area (Å²) in [6, 6.07) is 10.2. The Balaban J connectivity index is 2.46. The van der Waals surface area contributed by atoms with E-state index in [0.29, 0.717) is 0 Å². The van der Waals surface area contributed by atoms with Crippen molar-refractivity contribution in [1.82, 2.24) is 5.32 Å². The predicted octanol–water partition coefficient (Wildman–Crippen LogP) is 5.78. The van der Waals surface area contributed by atoms with Crippen molar-refractivity contribution < 1.29 is 0 Å². The zero-order valence-electron chi connectivity index (χ0n) is 12.8. The number of halogens is 2. The lowest BCUT2D eigenvalue weighted by Gasteiger charge is -2.14. The van der Waals surface area contributed by atoms with Crippen molar-refractivity contribution in [2.45, 2.75) is 33.7 Å². The van der Waals surface area contributed by atoms with Gasteiger partial charge in [-0.25, -0.2) is 0 Å². The molecule has 21 heavy (non-hydrogen) atoms.